The van der Waals surface area contributed by atoms with Crippen LogP contribution >= 0.6 is 0 Å². The number of nitrogens with one attached hydrogen (secondary N) is 1. The number of methoxy groups -OCH3 is 1. The second-order valence-electron chi connectivity index (χ2n) is 10.1. The van der Waals surface area contributed by atoms with Gasteiger partial charge in [0.15, 0.2) is 0 Å². The lowest BCUT2D eigenvalue weighted by molar-refractivity contribution is -0.167. The van der Waals surface area contributed by atoms with E-state index in [0.29, 0.717) is 12.3 Å². The van der Waals surface area contributed by atoms with Gasteiger partial charge in [0.05, 0.1) is 17.4 Å². The molecule has 3 unspecified atom stereocenters. The Bertz CT molecular complexity index is 733. The quantitative estimate of drug-likeness (QED) is 0.678. The third-order valence-corrected chi connectivity index (χ3v) is 7.25. The molecule has 2 aliphatic rings. The number of benzene rings is 1. The number of carboxylic acid groups (broad SMARTS) is 1. The highest BCUT2D eigenvalue weighted by molar-refractivity contribution is 5.85. The van der Waals surface area contributed by atoms with E-state index in [-0.39, 0.29) is 18.6 Å². The van der Waals surface area contributed by atoms with Gasteiger partial charge in [-0.1, -0.05) is 63.9 Å². The van der Waals surface area contributed by atoms with Crippen LogP contribution < -0.4 is 5.32 Å². The lowest BCUT2D eigenvalue weighted by atomic mass is 9.58. The Hall–Kier alpha value is -1.88. The van der Waals surface area contributed by atoms with Crippen molar-refractivity contribution in [2.45, 2.75) is 71.3 Å². The smallest absolute Gasteiger partial charge is 0.312 e. The van der Waals surface area contributed by atoms with Gasteiger partial charge >= 0.3 is 5.97 Å². The monoisotopic (exact) mass is 401 g/mol. The summed E-state index contributed by atoms with van der Waals surface area (Å²) in [6, 6.07) is 10.4. The number of aliphatic carboxylic acids is 1. The molecule has 0 bridgehead atoms. The van der Waals surface area contributed by atoms with Gasteiger partial charge in [-0.3, -0.25) is 9.59 Å². The average Bonchev–Trinajstić information content (AvgIpc) is 3.26. The van der Waals surface area contributed by atoms with Crippen molar-refractivity contribution in [3.63, 3.8) is 0 Å². The zero-order chi connectivity index (χ0) is 21.3. The van der Waals surface area contributed by atoms with Gasteiger partial charge in [-0.25, -0.2) is 0 Å². The van der Waals surface area contributed by atoms with E-state index in [1.807, 2.05) is 39.0 Å². The molecule has 2 saturated carbocycles. The first kappa shape index (κ1) is 21.8. The van der Waals surface area contributed by atoms with Gasteiger partial charge < -0.3 is 15.2 Å². The molecule has 160 valence electrons. The molecule has 1 aromatic rings. The molecule has 0 heterocycles. The summed E-state index contributed by atoms with van der Waals surface area (Å²) in [6.45, 7) is 5.92. The number of carbonyl (C=O) groups is 2. The first-order chi connectivity index (χ1) is 13.7. The van der Waals surface area contributed by atoms with E-state index in [1.54, 1.807) is 7.11 Å². The molecule has 0 aliphatic heterocycles. The Morgan fingerprint density at radius 3 is 2.31 bits per heavy atom. The van der Waals surface area contributed by atoms with Crippen LogP contribution in [0.15, 0.2) is 30.3 Å². The zero-order valence-corrected chi connectivity index (χ0v) is 18.2. The number of hydrogen-bond donors (Lipinski definition) is 2. The molecular weight excluding hydrogens is 366 g/mol. The molecule has 0 spiro atoms. The third kappa shape index (κ3) is 4.20. The summed E-state index contributed by atoms with van der Waals surface area (Å²) >= 11 is 0. The molecule has 3 atom stereocenters. The van der Waals surface area contributed by atoms with E-state index >= 15 is 0 Å². The van der Waals surface area contributed by atoms with Gasteiger partial charge in [-0.05, 0) is 36.7 Å². The van der Waals surface area contributed by atoms with E-state index in [9.17, 15) is 14.7 Å². The Kier molecular flexibility index (Phi) is 6.09. The molecule has 1 amide bonds. The maximum absolute atomic E-state index is 13.5. The third-order valence-electron chi connectivity index (χ3n) is 7.25. The van der Waals surface area contributed by atoms with Crippen molar-refractivity contribution >= 4 is 11.9 Å². The van der Waals surface area contributed by atoms with E-state index in [0.717, 1.165) is 32.1 Å². The Morgan fingerprint density at radius 1 is 1.17 bits per heavy atom. The summed E-state index contributed by atoms with van der Waals surface area (Å²) in [5.74, 6) is -0.478. The van der Waals surface area contributed by atoms with Crippen LogP contribution in [0.25, 0.3) is 0 Å². The minimum atomic E-state index is -1.11. The van der Waals surface area contributed by atoms with Crippen molar-refractivity contribution in [1.29, 1.82) is 0 Å². The van der Waals surface area contributed by atoms with E-state index in [1.165, 1.54) is 5.56 Å². The predicted molar refractivity (Wildman–Crippen MR) is 113 cm³/mol. The second kappa shape index (κ2) is 8.10. The molecule has 0 saturated heterocycles. The normalized spacial score (nSPS) is 25.2. The molecule has 5 heteroatoms. The summed E-state index contributed by atoms with van der Waals surface area (Å²) < 4.78 is 5.39. The minimum absolute atomic E-state index is 0.0319. The molecule has 29 heavy (non-hydrogen) atoms. The van der Waals surface area contributed by atoms with Crippen LogP contribution in [0.5, 0.6) is 0 Å². The van der Waals surface area contributed by atoms with Gasteiger partial charge in [0.25, 0.3) is 0 Å². The van der Waals surface area contributed by atoms with Crippen molar-refractivity contribution in [3.8, 4) is 0 Å². The highest BCUT2D eigenvalue weighted by Gasteiger charge is 2.57. The maximum Gasteiger partial charge on any atom is 0.312 e. The van der Waals surface area contributed by atoms with E-state index in [4.69, 9.17) is 4.74 Å². The standard InChI is InChI=1S/C24H35NO4/c1-22(2,3)24(16-29-4,21(27)28)15-23(12-8-9-13-23)20(26)25-19-14-18(19)17-10-6-5-7-11-17/h5-7,10-11,18-19H,8-9,12-16H2,1-4H3,(H,25,26)(H,27,28). The first-order valence-electron chi connectivity index (χ1n) is 10.7. The van der Waals surface area contributed by atoms with Crippen LogP contribution in [0.1, 0.15) is 70.8 Å². The van der Waals surface area contributed by atoms with Gasteiger partial charge in [0.2, 0.25) is 5.91 Å². The fourth-order valence-electron chi connectivity index (χ4n) is 5.10. The number of ether oxygens (including phenoxy) is 1. The van der Waals surface area contributed by atoms with Crippen molar-refractivity contribution in [3.05, 3.63) is 35.9 Å². The fourth-order valence-corrected chi connectivity index (χ4v) is 5.10. The highest BCUT2D eigenvalue weighted by Crippen LogP contribution is 2.54. The topological polar surface area (TPSA) is 75.6 Å². The Labute approximate surface area is 174 Å². The van der Waals surface area contributed by atoms with Crippen molar-refractivity contribution in [2.24, 2.45) is 16.2 Å². The number of carbonyl (C=O) groups excluding carboxylic acids is 1. The molecule has 3 rings (SSSR count). The van der Waals surface area contributed by atoms with Crippen molar-refractivity contribution in [2.75, 3.05) is 13.7 Å². The minimum Gasteiger partial charge on any atom is -0.481 e. The van der Waals surface area contributed by atoms with Crippen LogP contribution in [0.3, 0.4) is 0 Å². The van der Waals surface area contributed by atoms with Crippen LogP contribution in [-0.4, -0.2) is 36.7 Å². The molecule has 0 radical (unpaired) electrons. The first-order valence-corrected chi connectivity index (χ1v) is 10.7. The van der Waals surface area contributed by atoms with E-state index < -0.39 is 22.2 Å². The predicted octanol–water partition coefficient (Wildman–Crippen LogP) is 4.37. The molecule has 2 aliphatic carbocycles. The zero-order valence-electron chi connectivity index (χ0n) is 18.2. The van der Waals surface area contributed by atoms with Crippen LogP contribution in [0.4, 0.5) is 0 Å². The Balaban J connectivity index is 1.80. The molecule has 2 fully saturated rings. The average molecular weight is 402 g/mol. The summed E-state index contributed by atoms with van der Waals surface area (Å²) in [5.41, 5.74) is -1.01. The number of hydrogen-bond acceptors (Lipinski definition) is 3. The van der Waals surface area contributed by atoms with Gasteiger partial charge in [-0.2, -0.15) is 0 Å². The summed E-state index contributed by atoms with van der Waals surface area (Å²) in [4.78, 5) is 26.0. The highest BCUT2D eigenvalue weighted by atomic mass is 16.5. The van der Waals surface area contributed by atoms with Crippen LogP contribution in [0, 0.1) is 16.2 Å². The molecule has 5 nitrogen and oxygen atoms in total. The lowest BCUT2D eigenvalue weighted by Crippen LogP contribution is -2.53. The van der Waals surface area contributed by atoms with Crippen molar-refractivity contribution < 1.29 is 19.4 Å². The summed E-state index contributed by atoms with van der Waals surface area (Å²) in [6.07, 6.45) is 4.70. The Morgan fingerprint density at radius 2 is 1.79 bits per heavy atom. The number of rotatable bonds is 8. The second-order valence-corrected chi connectivity index (χ2v) is 10.1. The van der Waals surface area contributed by atoms with Crippen molar-refractivity contribution in [1.82, 2.24) is 5.32 Å². The summed E-state index contributed by atoms with van der Waals surface area (Å²) in [7, 11) is 1.54. The molecular formula is C24H35NO4. The number of carboxylic acids is 1. The molecule has 1 aromatic carbocycles. The van der Waals surface area contributed by atoms with Crippen LogP contribution in [0.2, 0.25) is 0 Å². The maximum atomic E-state index is 13.5. The SMILES string of the molecule is COCC(CC1(C(=O)NC2CC2c2ccccc2)CCCC1)(C(=O)O)C(C)(C)C. The largest absolute Gasteiger partial charge is 0.481 e. The van der Waals surface area contributed by atoms with Crippen LogP contribution in [-0.2, 0) is 14.3 Å². The van der Waals surface area contributed by atoms with Gasteiger partial charge in [-0.15, -0.1) is 0 Å². The lowest BCUT2D eigenvalue weighted by Gasteiger charge is -2.45. The fraction of sp³-hybridized carbons (Fsp3) is 0.667. The van der Waals surface area contributed by atoms with Gasteiger partial charge in [0.1, 0.15) is 0 Å². The molecule has 2 N–H and O–H groups in total. The summed E-state index contributed by atoms with van der Waals surface area (Å²) in [5, 5.41) is 13.5. The van der Waals surface area contributed by atoms with E-state index in [2.05, 4.69) is 17.4 Å². The molecule has 0 aromatic heterocycles. The van der Waals surface area contributed by atoms with Gasteiger partial charge in [0, 0.05) is 19.1 Å². The number of amides is 1.